The molecule has 0 aliphatic rings. The van der Waals surface area contributed by atoms with E-state index in [1.165, 1.54) is 19.2 Å². The van der Waals surface area contributed by atoms with Crippen molar-refractivity contribution >= 4 is 39.3 Å². The van der Waals surface area contributed by atoms with Crippen molar-refractivity contribution in [2.24, 2.45) is 0 Å². The number of hydrogen-bond acceptors (Lipinski definition) is 5. The van der Waals surface area contributed by atoms with Crippen molar-refractivity contribution in [3.05, 3.63) is 23.8 Å². The monoisotopic (exact) mass is 332 g/mol. The SMILES string of the molecule is CNS(=O)(=O)c1ccc(C)c(NC(=O)CSCC(=O)O)c1. The number of anilines is 1. The molecule has 0 radical (unpaired) electrons. The number of amides is 1. The first kappa shape index (κ1) is 17.5. The van der Waals surface area contributed by atoms with Crippen molar-refractivity contribution in [3.63, 3.8) is 0 Å². The fourth-order valence-corrected chi connectivity index (χ4v) is 2.73. The molecule has 0 saturated carbocycles. The molecule has 1 aromatic rings. The number of carboxylic acid groups (broad SMARTS) is 1. The van der Waals surface area contributed by atoms with E-state index in [2.05, 4.69) is 10.0 Å². The van der Waals surface area contributed by atoms with Crippen molar-refractivity contribution in [1.82, 2.24) is 4.72 Å². The van der Waals surface area contributed by atoms with E-state index in [9.17, 15) is 18.0 Å². The van der Waals surface area contributed by atoms with Crippen LogP contribution in [-0.4, -0.2) is 44.0 Å². The van der Waals surface area contributed by atoms with Gasteiger partial charge < -0.3 is 10.4 Å². The standard InChI is InChI=1S/C12H16N2O5S2/c1-8-3-4-9(21(18,19)13-2)5-10(8)14-11(15)6-20-7-12(16)17/h3-5,13H,6-7H2,1-2H3,(H,14,15)(H,16,17). The summed E-state index contributed by atoms with van der Waals surface area (Å²) in [7, 11) is -2.28. The van der Waals surface area contributed by atoms with Crippen LogP contribution in [0.5, 0.6) is 0 Å². The van der Waals surface area contributed by atoms with E-state index >= 15 is 0 Å². The summed E-state index contributed by atoms with van der Waals surface area (Å²) >= 11 is 0.967. The molecular weight excluding hydrogens is 316 g/mol. The van der Waals surface area contributed by atoms with Crippen LogP contribution in [0.1, 0.15) is 5.56 Å². The third kappa shape index (κ3) is 5.37. The number of thioether (sulfide) groups is 1. The van der Waals surface area contributed by atoms with Gasteiger partial charge in [0.1, 0.15) is 0 Å². The fourth-order valence-electron chi connectivity index (χ4n) is 1.44. The lowest BCUT2D eigenvalue weighted by Gasteiger charge is -2.10. The van der Waals surface area contributed by atoms with Crippen molar-refractivity contribution in [3.8, 4) is 0 Å². The molecule has 1 rings (SSSR count). The molecule has 3 N–H and O–H groups in total. The Labute approximate surface area is 127 Å². The summed E-state index contributed by atoms with van der Waals surface area (Å²) in [5.41, 5.74) is 1.09. The van der Waals surface area contributed by atoms with E-state index in [1.807, 2.05) is 0 Å². The van der Waals surface area contributed by atoms with E-state index < -0.39 is 16.0 Å². The van der Waals surface area contributed by atoms with Gasteiger partial charge in [0.25, 0.3) is 0 Å². The molecule has 1 aromatic carbocycles. The summed E-state index contributed by atoms with van der Waals surface area (Å²) in [6.07, 6.45) is 0. The molecule has 0 unspecified atom stereocenters. The van der Waals surface area contributed by atoms with E-state index in [-0.39, 0.29) is 22.3 Å². The smallest absolute Gasteiger partial charge is 0.313 e. The van der Waals surface area contributed by atoms with Gasteiger partial charge in [-0.3, -0.25) is 9.59 Å². The quantitative estimate of drug-likeness (QED) is 0.676. The summed E-state index contributed by atoms with van der Waals surface area (Å²) in [5, 5.41) is 11.1. The molecule has 0 aromatic heterocycles. The van der Waals surface area contributed by atoms with Gasteiger partial charge in [-0.25, -0.2) is 13.1 Å². The summed E-state index contributed by atoms with van der Waals surface area (Å²) in [6, 6.07) is 4.39. The first-order valence-corrected chi connectivity index (χ1v) is 8.53. The van der Waals surface area contributed by atoms with Crippen LogP contribution in [-0.2, 0) is 19.6 Å². The Balaban J connectivity index is 2.81. The molecule has 21 heavy (non-hydrogen) atoms. The first-order valence-electron chi connectivity index (χ1n) is 5.90. The molecule has 0 atom stereocenters. The minimum Gasteiger partial charge on any atom is -0.481 e. The molecule has 0 fully saturated rings. The summed E-state index contributed by atoms with van der Waals surface area (Å²) < 4.78 is 25.6. The molecule has 0 heterocycles. The number of carbonyl (C=O) groups excluding carboxylic acids is 1. The second-order valence-electron chi connectivity index (χ2n) is 4.12. The zero-order valence-electron chi connectivity index (χ0n) is 11.5. The maximum absolute atomic E-state index is 11.7. The van der Waals surface area contributed by atoms with Crippen molar-refractivity contribution < 1.29 is 23.1 Å². The Hall–Kier alpha value is -1.58. The maximum atomic E-state index is 11.7. The van der Waals surface area contributed by atoms with Gasteiger partial charge in [-0.05, 0) is 31.7 Å². The Bertz CT molecular complexity index is 643. The Morgan fingerprint density at radius 1 is 1.29 bits per heavy atom. The van der Waals surface area contributed by atoms with Crippen molar-refractivity contribution in [2.45, 2.75) is 11.8 Å². The number of carboxylic acids is 1. The molecule has 0 aliphatic carbocycles. The van der Waals surface area contributed by atoms with E-state index in [1.54, 1.807) is 13.0 Å². The van der Waals surface area contributed by atoms with Gasteiger partial charge in [-0.2, -0.15) is 0 Å². The number of aliphatic carboxylic acids is 1. The Morgan fingerprint density at radius 2 is 1.95 bits per heavy atom. The summed E-state index contributed by atoms with van der Waals surface area (Å²) in [4.78, 5) is 22.1. The number of rotatable bonds is 7. The summed E-state index contributed by atoms with van der Waals surface area (Å²) in [6.45, 7) is 1.73. The lowest BCUT2D eigenvalue weighted by atomic mass is 10.2. The van der Waals surface area contributed by atoms with Gasteiger partial charge in [0, 0.05) is 5.69 Å². The minimum atomic E-state index is -3.59. The predicted octanol–water partition coefficient (Wildman–Crippen LogP) is 0.659. The highest BCUT2D eigenvalue weighted by Gasteiger charge is 2.14. The Kier molecular flexibility index (Phi) is 6.19. The van der Waals surface area contributed by atoms with Gasteiger partial charge in [0.05, 0.1) is 16.4 Å². The predicted molar refractivity (Wildman–Crippen MR) is 81.0 cm³/mol. The lowest BCUT2D eigenvalue weighted by molar-refractivity contribution is -0.133. The highest BCUT2D eigenvalue weighted by Crippen LogP contribution is 2.20. The number of carbonyl (C=O) groups is 2. The molecule has 0 saturated heterocycles. The average molecular weight is 332 g/mol. The molecule has 7 nitrogen and oxygen atoms in total. The number of nitrogens with one attached hydrogen (secondary N) is 2. The van der Waals surface area contributed by atoms with Crippen molar-refractivity contribution in [1.29, 1.82) is 0 Å². The molecule has 0 bridgehead atoms. The number of aryl methyl sites for hydroxylation is 1. The van der Waals surface area contributed by atoms with Gasteiger partial charge in [-0.15, -0.1) is 11.8 Å². The first-order chi connectivity index (χ1) is 9.76. The molecule has 9 heteroatoms. The second kappa shape index (κ2) is 7.43. The van der Waals surface area contributed by atoms with Crippen LogP contribution in [0.25, 0.3) is 0 Å². The van der Waals surface area contributed by atoms with Gasteiger partial charge >= 0.3 is 5.97 Å². The third-order valence-electron chi connectivity index (χ3n) is 2.52. The lowest BCUT2D eigenvalue weighted by Crippen LogP contribution is -2.20. The number of sulfonamides is 1. The summed E-state index contributed by atoms with van der Waals surface area (Å²) in [5.74, 6) is -1.57. The highest BCUT2D eigenvalue weighted by molar-refractivity contribution is 8.00. The highest BCUT2D eigenvalue weighted by atomic mass is 32.2. The van der Waals surface area contributed by atoms with E-state index in [0.29, 0.717) is 11.3 Å². The number of benzene rings is 1. The third-order valence-corrected chi connectivity index (χ3v) is 4.85. The maximum Gasteiger partial charge on any atom is 0.313 e. The second-order valence-corrected chi connectivity index (χ2v) is 6.99. The molecule has 0 spiro atoms. The topological polar surface area (TPSA) is 113 Å². The number of hydrogen-bond donors (Lipinski definition) is 3. The largest absolute Gasteiger partial charge is 0.481 e. The van der Waals surface area contributed by atoms with Gasteiger partial charge in [0.2, 0.25) is 15.9 Å². The molecule has 1 amide bonds. The van der Waals surface area contributed by atoms with E-state index in [4.69, 9.17) is 5.11 Å². The van der Waals surface area contributed by atoms with Crippen LogP contribution in [0.15, 0.2) is 23.1 Å². The van der Waals surface area contributed by atoms with Gasteiger partial charge in [-0.1, -0.05) is 6.07 Å². The zero-order valence-corrected chi connectivity index (χ0v) is 13.2. The van der Waals surface area contributed by atoms with Crippen LogP contribution >= 0.6 is 11.8 Å². The van der Waals surface area contributed by atoms with Crippen LogP contribution in [0, 0.1) is 6.92 Å². The normalized spacial score (nSPS) is 11.1. The molecular formula is C12H16N2O5S2. The van der Waals surface area contributed by atoms with Crippen molar-refractivity contribution in [2.75, 3.05) is 23.9 Å². The average Bonchev–Trinajstić information content (AvgIpc) is 2.40. The minimum absolute atomic E-state index is 0.0191. The van der Waals surface area contributed by atoms with Crippen LogP contribution in [0.4, 0.5) is 5.69 Å². The van der Waals surface area contributed by atoms with Crippen LogP contribution < -0.4 is 10.0 Å². The van der Waals surface area contributed by atoms with Gasteiger partial charge in [0.15, 0.2) is 0 Å². The van der Waals surface area contributed by atoms with Crippen LogP contribution in [0.3, 0.4) is 0 Å². The molecule has 0 aliphatic heterocycles. The zero-order chi connectivity index (χ0) is 16.0. The van der Waals surface area contributed by atoms with Crippen LogP contribution in [0.2, 0.25) is 0 Å². The Morgan fingerprint density at radius 3 is 2.52 bits per heavy atom. The van der Waals surface area contributed by atoms with E-state index in [0.717, 1.165) is 11.8 Å². The molecule has 116 valence electrons. The fraction of sp³-hybridized carbons (Fsp3) is 0.333.